The number of rotatable bonds is 2. The topological polar surface area (TPSA) is 104 Å². The molecule has 0 aromatic heterocycles. The van der Waals surface area contributed by atoms with Crippen LogP contribution >= 0.6 is 7.60 Å². The molecule has 0 aliphatic heterocycles. The van der Waals surface area contributed by atoms with E-state index in [9.17, 15) is 4.57 Å². The van der Waals surface area contributed by atoms with Gasteiger partial charge in [0.25, 0.3) is 0 Å². The maximum Gasteiger partial charge on any atom is 0.344 e. The third kappa shape index (κ3) is 2.93. The Hall–Kier alpha value is 0.0700. The molecule has 0 aliphatic rings. The summed E-state index contributed by atoms with van der Waals surface area (Å²) in [6.45, 7) is 1.23. The van der Waals surface area contributed by atoms with Crippen molar-refractivity contribution < 1.29 is 19.5 Å². The summed E-state index contributed by atoms with van der Waals surface area (Å²) in [6, 6.07) is 0. The van der Waals surface area contributed by atoms with Crippen LogP contribution < -0.4 is 5.73 Å². The van der Waals surface area contributed by atoms with E-state index in [1.807, 2.05) is 0 Å². The second kappa shape index (κ2) is 2.77. The highest BCUT2D eigenvalue weighted by Gasteiger charge is 2.28. The lowest BCUT2D eigenvalue weighted by molar-refractivity contribution is 0.176. The maximum atomic E-state index is 10.2. The van der Waals surface area contributed by atoms with Crippen LogP contribution in [0.15, 0.2) is 0 Å². The van der Waals surface area contributed by atoms with Gasteiger partial charge in [0, 0.05) is 0 Å². The molecule has 0 unspecified atom stereocenters. The first-order valence-corrected chi connectivity index (χ1v) is 4.02. The average molecular weight is 155 g/mol. The lowest BCUT2D eigenvalue weighted by Crippen LogP contribution is -2.31. The number of hydrogen-bond acceptors (Lipinski definition) is 3. The number of nitrogens with two attached hydrogens (primary N) is 1. The molecule has 0 aliphatic carbocycles. The van der Waals surface area contributed by atoms with Crippen LogP contribution in [0.4, 0.5) is 0 Å². The minimum Gasteiger partial charge on any atom is -0.391 e. The summed E-state index contributed by atoms with van der Waals surface area (Å²) in [5, 5.41) is 8.54. The molecule has 0 heterocycles. The normalized spacial score (nSPS) is 19.2. The number of aliphatic hydroxyl groups excluding tert-OH is 1. The van der Waals surface area contributed by atoms with Gasteiger partial charge in [-0.25, -0.2) is 0 Å². The fraction of sp³-hybridized carbons (Fsp3) is 1.00. The van der Waals surface area contributed by atoms with Crippen LogP contribution in [0.5, 0.6) is 0 Å². The van der Waals surface area contributed by atoms with Gasteiger partial charge in [-0.3, -0.25) is 4.57 Å². The Morgan fingerprint density at radius 3 is 1.89 bits per heavy atom. The molecule has 0 spiro atoms. The Labute approximate surface area is 52.7 Å². The largest absolute Gasteiger partial charge is 0.391 e. The van der Waals surface area contributed by atoms with Gasteiger partial charge in [-0.1, -0.05) is 0 Å². The first-order valence-electron chi connectivity index (χ1n) is 2.34. The Kier molecular flexibility index (Phi) is 2.79. The van der Waals surface area contributed by atoms with Gasteiger partial charge in [0.1, 0.15) is 5.78 Å². The minimum absolute atomic E-state index is 1.18. The molecule has 5 nitrogen and oxygen atoms in total. The van der Waals surface area contributed by atoms with Crippen molar-refractivity contribution in [3.05, 3.63) is 0 Å². The highest BCUT2D eigenvalue weighted by molar-refractivity contribution is 7.52. The smallest absolute Gasteiger partial charge is 0.344 e. The zero-order valence-corrected chi connectivity index (χ0v) is 5.82. The highest BCUT2D eigenvalue weighted by atomic mass is 31.2. The van der Waals surface area contributed by atoms with Gasteiger partial charge >= 0.3 is 7.60 Å². The van der Waals surface area contributed by atoms with Crippen LogP contribution in [0.3, 0.4) is 0 Å². The summed E-state index contributed by atoms with van der Waals surface area (Å²) in [5.41, 5.74) is 4.88. The molecule has 0 amide bonds. The zero-order chi connectivity index (χ0) is 7.65. The fourth-order valence-corrected chi connectivity index (χ4v) is 0.843. The third-order valence-corrected chi connectivity index (χ3v) is 2.09. The molecule has 0 fully saturated rings. The van der Waals surface area contributed by atoms with Crippen molar-refractivity contribution in [2.75, 3.05) is 0 Å². The molecular formula is C3H10NO4P. The van der Waals surface area contributed by atoms with Gasteiger partial charge in [-0.05, 0) is 6.92 Å². The van der Waals surface area contributed by atoms with Crippen LogP contribution in [0.2, 0.25) is 0 Å². The monoisotopic (exact) mass is 155 g/mol. The molecule has 5 N–H and O–H groups in total. The van der Waals surface area contributed by atoms with Crippen molar-refractivity contribution in [2.45, 2.75) is 18.8 Å². The molecule has 0 radical (unpaired) electrons. The summed E-state index contributed by atoms with van der Waals surface area (Å²) in [4.78, 5) is 16.6. The molecule has 0 aromatic rings. The van der Waals surface area contributed by atoms with Gasteiger partial charge < -0.3 is 20.6 Å². The van der Waals surface area contributed by atoms with Crippen molar-refractivity contribution in [3.8, 4) is 0 Å². The predicted octanol–water partition coefficient (Wildman–Crippen LogP) is -1.17. The summed E-state index contributed by atoms with van der Waals surface area (Å²) >= 11 is 0. The van der Waals surface area contributed by atoms with Crippen LogP contribution in [0, 0.1) is 0 Å². The second-order valence-electron chi connectivity index (χ2n) is 1.82. The molecule has 2 atom stereocenters. The molecule has 9 heavy (non-hydrogen) atoms. The van der Waals surface area contributed by atoms with Crippen LogP contribution in [-0.2, 0) is 4.57 Å². The molecular weight excluding hydrogens is 145 g/mol. The van der Waals surface area contributed by atoms with Crippen molar-refractivity contribution in [1.29, 1.82) is 0 Å². The number of hydrogen-bond donors (Lipinski definition) is 4. The van der Waals surface area contributed by atoms with Crippen molar-refractivity contribution in [2.24, 2.45) is 5.73 Å². The van der Waals surface area contributed by atoms with Gasteiger partial charge in [-0.15, -0.1) is 0 Å². The lowest BCUT2D eigenvalue weighted by atomic mass is 10.4. The average Bonchev–Trinajstić information content (AvgIpc) is 1.62. The van der Waals surface area contributed by atoms with Crippen molar-refractivity contribution >= 4 is 7.60 Å². The maximum absolute atomic E-state index is 10.2. The van der Waals surface area contributed by atoms with E-state index in [4.69, 9.17) is 20.6 Å². The van der Waals surface area contributed by atoms with Crippen molar-refractivity contribution in [1.82, 2.24) is 0 Å². The molecule has 0 saturated carbocycles. The molecule has 0 saturated heterocycles. The van der Waals surface area contributed by atoms with Crippen LogP contribution in [0.1, 0.15) is 6.92 Å². The van der Waals surface area contributed by atoms with Gasteiger partial charge in [0.05, 0.1) is 6.10 Å². The molecule has 56 valence electrons. The summed E-state index contributed by atoms with van der Waals surface area (Å²) in [7, 11) is -4.29. The van der Waals surface area contributed by atoms with Crippen LogP contribution in [0.25, 0.3) is 0 Å². The quantitative estimate of drug-likeness (QED) is 0.376. The van der Waals surface area contributed by atoms with E-state index in [1.54, 1.807) is 0 Å². The molecule has 0 bridgehead atoms. The highest BCUT2D eigenvalue weighted by Crippen LogP contribution is 2.39. The van der Waals surface area contributed by atoms with E-state index < -0.39 is 19.5 Å². The third-order valence-electron chi connectivity index (χ3n) is 0.883. The number of aliphatic hydroxyl groups is 1. The van der Waals surface area contributed by atoms with Gasteiger partial charge in [0.2, 0.25) is 0 Å². The summed E-state index contributed by atoms with van der Waals surface area (Å²) in [6.07, 6.45) is -1.18. The zero-order valence-electron chi connectivity index (χ0n) is 4.93. The van der Waals surface area contributed by atoms with Gasteiger partial charge in [0.15, 0.2) is 0 Å². The Morgan fingerprint density at radius 2 is 1.89 bits per heavy atom. The molecule has 0 rings (SSSR count). The minimum atomic E-state index is -4.29. The van der Waals surface area contributed by atoms with E-state index >= 15 is 0 Å². The Balaban J connectivity index is 4.05. The molecule has 0 aromatic carbocycles. The van der Waals surface area contributed by atoms with Crippen LogP contribution in [-0.4, -0.2) is 26.8 Å². The first kappa shape index (κ1) is 9.07. The van der Waals surface area contributed by atoms with E-state index in [0.717, 1.165) is 0 Å². The Morgan fingerprint density at radius 1 is 1.56 bits per heavy atom. The van der Waals surface area contributed by atoms with E-state index in [0.29, 0.717) is 0 Å². The summed E-state index contributed by atoms with van der Waals surface area (Å²) < 4.78 is 10.2. The standard InChI is InChI=1S/C3H10NO4P/c1-2(5)3(4)9(6,7)8/h2-3,5H,4H2,1H3,(H2,6,7,8)/t2-,3-/m0/s1. The molecule has 6 heteroatoms. The van der Waals surface area contributed by atoms with Crippen molar-refractivity contribution in [3.63, 3.8) is 0 Å². The van der Waals surface area contributed by atoms with E-state index in [-0.39, 0.29) is 0 Å². The first-order chi connectivity index (χ1) is 3.85. The summed E-state index contributed by atoms with van der Waals surface area (Å²) in [5.74, 6) is -1.46. The van der Waals surface area contributed by atoms with Gasteiger partial charge in [-0.2, -0.15) is 0 Å². The SMILES string of the molecule is C[C@H](O)[C@@H](N)P(=O)(O)O. The second-order valence-corrected chi connectivity index (χ2v) is 3.59. The van der Waals surface area contributed by atoms with E-state index in [2.05, 4.69) is 0 Å². The lowest BCUT2D eigenvalue weighted by Gasteiger charge is -2.14. The predicted molar refractivity (Wildman–Crippen MR) is 31.7 cm³/mol. The van der Waals surface area contributed by atoms with E-state index in [1.165, 1.54) is 6.92 Å². The fourth-order valence-electron chi connectivity index (χ4n) is 0.281. The Bertz CT molecular complexity index is 130.